The Morgan fingerprint density at radius 1 is 1.62 bits per heavy atom. The number of nitrogens with one attached hydrogen (secondary N) is 1. The molecular formula is C7H17N2O6P. The number of aliphatic hydroxyl groups excluding tert-OH is 2. The predicted octanol–water partition coefficient (Wildman–Crippen LogP) is -2.43. The number of amides is 1. The highest BCUT2D eigenvalue weighted by molar-refractivity contribution is 7.32. The van der Waals surface area contributed by atoms with Crippen molar-refractivity contribution in [2.24, 2.45) is 5.73 Å². The summed E-state index contributed by atoms with van der Waals surface area (Å²) in [4.78, 5) is 19.3. The Kier molecular flexibility index (Phi) is 7.48. The van der Waals surface area contributed by atoms with Crippen LogP contribution in [0.5, 0.6) is 0 Å². The lowest BCUT2D eigenvalue weighted by Gasteiger charge is -2.27. The van der Waals surface area contributed by atoms with Gasteiger partial charge in [-0.1, -0.05) is 0 Å². The maximum Gasteiger partial charge on any atom is 0.316 e. The molecule has 96 valence electrons. The van der Waals surface area contributed by atoms with Crippen molar-refractivity contribution in [2.75, 3.05) is 13.2 Å². The van der Waals surface area contributed by atoms with Gasteiger partial charge in [-0.25, -0.2) is 0 Å². The lowest BCUT2D eigenvalue weighted by molar-refractivity contribution is -0.121. The summed E-state index contributed by atoms with van der Waals surface area (Å²) in [7, 11) is -3.24. The molecule has 0 aromatic carbocycles. The minimum Gasteiger partial charge on any atom is -0.394 e. The second-order valence-electron chi connectivity index (χ2n) is 3.14. The van der Waals surface area contributed by atoms with E-state index in [9.17, 15) is 14.5 Å². The summed E-state index contributed by atoms with van der Waals surface area (Å²) in [5.74, 6) is -0.453. The zero-order chi connectivity index (χ0) is 12.7. The number of rotatable bonds is 7. The first-order valence-electron chi connectivity index (χ1n) is 4.58. The zero-order valence-corrected chi connectivity index (χ0v) is 9.79. The molecule has 9 heteroatoms. The van der Waals surface area contributed by atoms with E-state index in [-0.39, 0.29) is 6.54 Å². The number of carbonyl (C=O) groups is 1. The van der Waals surface area contributed by atoms with Crippen molar-refractivity contribution in [3.05, 3.63) is 0 Å². The van der Waals surface area contributed by atoms with E-state index in [2.05, 4.69) is 9.84 Å². The predicted molar refractivity (Wildman–Crippen MR) is 55.8 cm³/mol. The molecule has 0 aliphatic heterocycles. The van der Waals surface area contributed by atoms with E-state index in [1.165, 1.54) is 6.92 Å². The van der Waals surface area contributed by atoms with E-state index < -0.39 is 39.0 Å². The van der Waals surface area contributed by atoms with Crippen LogP contribution >= 0.6 is 8.25 Å². The van der Waals surface area contributed by atoms with E-state index in [0.717, 1.165) is 0 Å². The molecule has 0 aliphatic rings. The molecule has 6 N–H and O–H groups in total. The van der Waals surface area contributed by atoms with Gasteiger partial charge < -0.3 is 30.7 Å². The van der Waals surface area contributed by atoms with Crippen LogP contribution in [-0.4, -0.2) is 52.4 Å². The van der Waals surface area contributed by atoms with Crippen LogP contribution in [0.25, 0.3) is 0 Å². The Hall–Kier alpha value is -0.500. The van der Waals surface area contributed by atoms with Crippen LogP contribution in [0.4, 0.5) is 0 Å². The maximum absolute atomic E-state index is 10.7. The molecule has 8 nitrogen and oxygen atoms in total. The normalized spacial score (nSPS) is 18.6. The molecule has 0 radical (unpaired) electrons. The van der Waals surface area contributed by atoms with E-state index >= 15 is 0 Å². The molecule has 0 aliphatic carbocycles. The average Bonchev–Trinajstić information content (AvgIpc) is 2.20. The van der Waals surface area contributed by atoms with Gasteiger partial charge in [0, 0.05) is 13.5 Å². The first-order chi connectivity index (χ1) is 7.42. The fourth-order valence-electron chi connectivity index (χ4n) is 1.15. The van der Waals surface area contributed by atoms with Crippen LogP contribution in [0.15, 0.2) is 0 Å². The van der Waals surface area contributed by atoms with Crippen molar-refractivity contribution in [1.29, 1.82) is 0 Å². The molecule has 1 amide bonds. The van der Waals surface area contributed by atoms with E-state index in [1.54, 1.807) is 0 Å². The molecule has 0 rings (SSSR count). The van der Waals surface area contributed by atoms with Gasteiger partial charge in [0.15, 0.2) is 0 Å². The molecule has 0 saturated carbocycles. The third kappa shape index (κ3) is 5.55. The number of aliphatic hydroxyl groups is 2. The Morgan fingerprint density at radius 2 is 2.19 bits per heavy atom. The number of nitrogens with two attached hydrogens (primary N) is 1. The van der Waals surface area contributed by atoms with Gasteiger partial charge in [0.25, 0.3) is 0 Å². The molecule has 16 heavy (non-hydrogen) atoms. The quantitative estimate of drug-likeness (QED) is 0.319. The molecule has 0 bridgehead atoms. The highest BCUT2D eigenvalue weighted by atomic mass is 31.1. The Bertz CT molecular complexity index is 227. The van der Waals surface area contributed by atoms with Crippen molar-refractivity contribution in [1.82, 2.24) is 5.32 Å². The van der Waals surface area contributed by atoms with Gasteiger partial charge in [0.05, 0.1) is 12.6 Å². The lowest BCUT2D eigenvalue weighted by atomic mass is 10.1. The van der Waals surface area contributed by atoms with Crippen LogP contribution in [0.1, 0.15) is 6.92 Å². The van der Waals surface area contributed by atoms with Gasteiger partial charge in [0.2, 0.25) is 5.91 Å². The third-order valence-corrected chi connectivity index (χ3v) is 2.37. The maximum atomic E-state index is 10.7. The minimum absolute atomic E-state index is 0.214. The second-order valence-corrected chi connectivity index (χ2v) is 3.91. The molecule has 0 saturated heterocycles. The van der Waals surface area contributed by atoms with Gasteiger partial charge in [-0.2, -0.15) is 0 Å². The monoisotopic (exact) mass is 256 g/mol. The lowest BCUT2D eigenvalue weighted by Crippen LogP contribution is -2.52. The third-order valence-electron chi connectivity index (χ3n) is 1.86. The second kappa shape index (κ2) is 7.72. The highest BCUT2D eigenvalue weighted by Gasteiger charge is 2.28. The van der Waals surface area contributed by atoms with E-state index in [1.807, 2.05) is 0 Å². The SMILES string of the molecule is CC(=O)NC(CO)C(O)C(CN)O[PH](=O)O. The number of hydrogen-bond donors (Lipinski definition) is 5. The van der Waals surface area contributed by atoms with Gasteiger partial charge in [-0.15, -0.1) is 0 Å². The summed E-state index contributed by atoms with van der Waals surface area (Å²) in [5.41, 5.74) is 5.23. The summed E-state index contributed by atoms with van der Waals surface area (Å²) < 4.78 is 14.9. The summed E-state index contributed by atoms with van der Waals surface area (Å²) in [5, 5.41) is 20.8. The zero-order valence-electron chi connectivity index (χ0n) is 8.79. The molecule has 0 fully saturated rings. The number of hydrogen-bond acceptors (Lipinski definition) is 6. The van der Waals surface area contributed by atoms with Crippen LogP contribution in [0.2, 0.25) is 0 Å². The Labute approximate surface area is 93.4 Å². The number of carbonyl (C=O) groups excluding carboxylic acids is 1. The van der Waals surface area contributed by atoms with Gasteiger partial charge >= 0.3 is 8.25 Å². The fraction of sp³-hybridized carbons (Fsp3) is 0.857. The molecule has 0 aromatic heterocycles. The standard InChI is InChI=1S/C7H17N2O6P/c1-4(11)9-5(3-10)7(12)6(2-8)15-16(13)14/h5-7,10,12,16H,2-3,8H2,1H3,(H,9,11)(H,13,14). The first kappa shape index (κ1) is 15.5. The summed E-state index contributed by atoms with van der Waals surface area (Å²) in [6.07, 6.45) is -2.49. The van der Waals surface area contributed by atoms with Crippen LogP contribution in [-0.2, 0) is 13.9 Å². The van der Waals surface area contributed by atoms with Crippen molar-refractivity contribution >= 4 is 14.2 Å². The van der Waals surface area contributed by atoms with Crippen molar-refractivity contribution in [3.8, 4) is 0 Å². The highest BCUT2D eigenvalue weighted by Crippen LogP contribution is 2.20. The molecule has 0 aromatic rings. The Balaban J connectivity index is 4.48. The molecule has 0 spiro atoms. The van der Waals surface area contributed by atoms with Gasteiger partial charge in [-0.05, 0) is 0 Å². The van der Waals surface area contributed by atoms with E-state index in [4.69, 9.17) is 15.7 Å². The van der Waals surface area contributed by atoms with Crippen molar-refractivity contribution in [2.45, 2.75) is 25.2 Å². The smallest absolute Gasteiger partial charge is 0.316 e. The Morgan fingerprint density at radius 3 is 2.50 bits per heavy atom. The van der Waals surface area contributed by atoms with E-state index in [0.29, 0.717) is 0 Å². The van der Waals surface area contributed by atoms with Gasteiger partial charge in [0.1, 0.15) is 12.2 Å². The topological polar surface area (TPSA) is 142 Å². The van der Waals surface area contributed by atoms with Crippen LogP contribution in [0.3, 0.4) is 0 Å². The fourth-order valence-corrected chi connectivity index (χ4v) is 1.64. The molecule has 0 heterocycles. The minimum atomic E-state index is -3.24. The summed E-state index contributed by atoms with van der Waals surface area (Å²) in [6.45, 7) is 0.462. The summed E-state index contributed by atoms with van der Waals surface area (Å²) >= 11 is 0. The van der Waals surface area contributed by atoms with Crippen molar-refractivity contribution in [3.63, 3.8) is 0 Å². The summed E-state index contributed by atoms with van der Waals surface area (Å²) in [6, 6.07) is -0.993. The molecule has 4 unspecified atom stereocenters. The van der Waals surface area contributed by atoms with Crippen LogP contribution in [0, 0.1) is 0 Å². The van der Waals surface area contributed by atoms with Crippen LogP contribution < -0.4 is 11.1 Å². The van der Waals surface area contributed by atoms with Crippen molar-refractivity contribution < 1.29 is 29.0 Å². The molecular weight excluding hydrogens is 239 g/mol. The van der Waals surface area contributed by atoms with Gasteiger partial charge in [-0.3, -0.25) is 9.36 Å². The largest absolute Gasteiger partial charge is 0.394 e. The molecule has 4 atom stereocenters. The first-order valence-corrected chi connectivity index (χ1v) is 5.84. The average molecular weight is 256 g/mol.